The maximum absolute atomic E-state index is 12.5. The fraction of sp³-hybridized carbons (Fsp3) is 0.192. The van der Waals surface area contributed by atoms with E-state index in [-0.39, 0.29) is 23.6 Å². The Morgan fingerprint density at radius 2 is 1.76 bits per heavy atom. The SMILES string of the molecule is CCn1c2ccccc2c2cc(NC(=O)CC(C)=NNC(=O)c3cccc(C)c3O)ccc21. The zero-order chi connectivity index (χ0) is 23.5. The number of anilines is 1. The molecule has 0 unspecified atom stereocenters. The van der Waals surface area contributed by atoms with Crippen LogP contribution in [0.2, 0.25) is 0 Å². The minimum atomic E-state index is -0.534. The van der Waals surface area contributed by atoms with Crippen LogP contribution in [0.1, 0.15) is 36.2 Å². The van der Waals surface area contributed by atoms with Gasteiger partial charge in [-0.25, -0.2) is 5.43 Å². The first-order chi connectivity index (χ1) is 15.9. The van der Waals surface area contributed by atoms with E-state index in [1.54, 1.807) is 26.0 Å². The fourth-order valence-electron chi connectivity index (χ4n) is 4.00. The Morgan fingerprint density at radius 3 is 2.55 bits per heavy atom. The number of carbonyl (C=O) groups is 2. The summed E-state index contributed by atoms with van der Waals surface area (Å²) in [5.41, 5.74) is 6.56. The number of hydrogen-bond acceptors (Lipinski definition) is 4. The molecule has 7 nitrogen and oxygen atoms in total. The zero-order valence-electron chi connectivity index (χ0n) is 18.8. The van der Waals surface area contributed by atoms with Crippen molar-refractivity contribution in [3.05, 3.63) is 71.8 Å². The van der Waals surface area contributed by atoms with E-state index in [1.807, 2.05) is 30.3 Å². The molecule has 0 spiro atoms. The number of hydrazone groups is 1. The second kappa shape index (κ2) is 9.16. The summed E-state index contributed by atoms with van der Waals surface area (Å²) in [7, 11) is 0. The van der Waals surface area contributed by atoms with Crippen LogP contribution in [0, 0.1) is 6.92 Å². The van der Waals surface area contributed by atoms with Crippen molar-refractivity contribution >= 4 is 45.0 Å². The minimum Gasteiger partial charge on any atom is -0.507 e. The van der Waals surface area contributed by atoms with Crippen molar-refractivity contribution in [1.82, 2.24) is 9.99 Å². The van der Waals surface area contributed by atoms with Gasteiger partial charge in [-0.1, -0.05) is 30.3 Å². The lowest BCUT2D eigenvalue weighted by atomic mass is 10.1. The summed E-state index contributed by atoms with van der Waals surface area (Å²) >= 11 is 0. The van der Waals surface area contributed by atoms with Gasteiger partial charge in [-0.05, 0) is 56.7 Å². The van der Waals surface area contributed by atoms with E-state index in [2.05, 4.69) is 39.5 Å². The van der Waals surface area contributed by atoms with E-state index in [4.69, 9.17) is 0 Å². The van der Waals surface area contributed by atoms with Crippen molar-refractivity contribution in [3.63, 3.8) is 0 Å². The highest BCUT2D eigenvalue weighted by Crippen LogP contribution is 2.31. The van der Waals surface area contributed by atoms with Crippen LogP contribution in [-0.2, 0) is 11.3 Å². The number of benzene rings is 3. The molecule has 3 aromatic carbocycles. The number of aromatic hydroxyl groups is 1. The van der Waals surface area contributed by atoms with Crippen LogP contribution in [0.15, 0.2) is 65.8 Å². The molecule has 3 N–H and O–H groups in total. The molecule has 4 rings (SSSR count). The van der Waals surface area contributed by atoms with Crippen molar-refractivity contribution in [2.75, 3.05) is 5.32 Å². The molecule has 0 fully saturated rings. The van der Waals surface area contributed by atoms with Crippen molar-refractivity contribution < 1.29 is 14.7 Å². The highest BCUT2D eigenvalue weighted by atomic mass is 16.3. The lowest BCUT2D eigenvalue weighted by Gasteiger charge is -2.08. The summed E-state index contributed by atoms with van der Waals surface area (Å²) in [5, 5.41) is 19.2. The Morgan fingerprint density at radius 1 is 1.00 bits per heavy atom. The first-order valence-corrected chi connectivity index (χ1v) is 10.8. The van der Waals surface area contributed by atoms with Crippen LogP contribution in [0.5, 0.6) is 5.75 Å². The number of rotatable bonds is 6. The number of para-hydroxylation sites is 2. The number of nitrogens with one attached hydrogen (secondary N) is 2. The van der Waals surface area contributed by atoms with Crippen LogP contribution < -0.4 is 10.7 Å². The van der Waals surface area contributed by atoms with Gasteiger partial charge in [0.2, 0.25) is 5.91 Å². The van der Waals surface area contributed by atoms with E-state index in [9.17, 15) is 14.7 Å². The van der Waals surface area contributed by atoms with Crippen LogP contribution in [0.3, 0.4) is 0 Å². The third-order valence-electron chi connectivity index (χ3n) is 5.62. The zero-order valence-corrected chi connectivity index (χ0v) is 18.8. The van der Waals surface area contributed by atoms with Gasteiger partial charge in [0, 0.05) is 39.7 Å². The van der Waals surface area contributed by atoms with Crippen molar-refractivity contribution in [2.45, 2.75) is 33.7 Å². The number of aryl methyl sites for hydroxylation is 2. The van der Waals surface area contributed by atoms with Gasteiger partial charge in [0.05, 0.1) is 12.0 Å². The first-order valence-electron chi connectivity index (χ1n) is 10.8. The van der Waals surface area contributed by atoms with Gasteiger partial charge in [-0.15, -0.1) is 0 Å². The smallest absolute Gasteiger partial charge is 0.275 e. The molecular formula is C26H26N4O3. The number of fused-ring (bicyclic) bond motifs is 3. The average Bonchev–Trinajstić information content (AvgIpc) is 3.12. The average molecular weight is 443 g/mol. The van der Waals surface area contributed by atoms with E-state index >= 15 is 0 Å². The molecule has 0 bridgehead atoms. The molecule has 4 aromatic rings. The molecular weight excluding hydrogens is 416 g/mol. The van der Waals surface area contributed by atoms with Gasteiger partial charge >= 0.3 is 0 Å². The van der Waals surface area contributed by atoms with E-state index in [0.717, 1.165) is 28.4 Å². The molecule has 7 heteroatoms. The molecule has 1 heterocycles. The Kier molecular flexibility index (Phi) is 6.13. The number of phenols is 1. The molecule has 2 amide bonds. The number of aromatic nitrogens is 1. The molecule has 0 atom stereocenters. The summed E-state index contributed by atoms with van der Waals surface area (Å²) in [6.07, 6.45) is 0.0227. The third kappa shape index (κ3) is 4.43. The number of hydrogen-bond donors (Lipinski definition) is 3. The highest BCUT2D eigenvalue weighted by molar-refractivity contribution is 6.11. The van der Waals surface area contributed by atoms with Crippen LogP contribution in [0.4, 0.5) is 5.69 Å². The maximum Gasteiger partial charge on any atom is 0.275 e. The molecule has 0 radical (unpaired) electrons. The number of carbonyl (C=O) groups excluding carboxylic acids is 2. The predicted molar refractivity (Wildman–Crippen MR) is 132 cm³/mol. The molecule has 0 aliphatic rings. The Hall–Kier alpha value is -4.13. The summed E-state index contributed by atoms with van der Waals surface area (Å²) in [6, 6.07) is 19.0. The van der Waals surface area contributed by atoms with Crippen molar-refractivity contribution in [2.24, 2.45) is 5.10 Å². The first kappa shape index (κ1) is 22.1. The fourth-order valence-corrected chi connectivity index (χ4v) is 4.00. The standard InChI is InChI=1S/C26H26N4O3/c1-4-30-22-11-6-5-9-19(22)21-15-18(12-13-23(21)30)27-24(31)14-17(3)28-29-26(33)20-10-7-8-16(2)25(20)32/h5-13,15,32H,4,14H2,1-3H3,(H,27,31)(H,29,33). The molecule has 168 valence electrons. The predicted octanol–water partition coefficient (Wildman–Crippen LogP) is 4.96. The molecule has 0 saturated heterocycles. The molecule has 0 saturated carbocycles. The molecule has 1 aromatic heterocycles. The summed E-state index contributed by atoms with van der Waals surface area (Å²) < 4.78 is 2.25. The van der Waals surface area contributed by atoms with Gasteiger partial charge < -0.3 is 15.0 Å². The van der Waals surface area contributed by atoms with Gasteiger partial charge in [-0.2, -0.15) is 5.10 Å². The number of amides is 2. The van der Waals surface area contributed by atoms with Gasteiger partial charge in [0.25, 0.3) is 5.91 Å². The van der Waals surface area contributed by atoms with Crippen LogP contribution in [-0.4, -0.2) is 27.2 Å². The normalized spacial score (nSPS) is 11.7. The van der Waals surface area contributed by atoms with Crippen molar-refractivity contribution in [1.29, 1.82) is 0 Å². The monoisotopic (exact) mass is 442 g/mol. The lowest BCUT2D eigenvalue weighted by molar-refractivity contribution is -0.115. The van der Waals surface area contributed by atoms with Crippen LogP contribution in [0.25, 0.3) is 21.8 Å². The number of nitrogens with zero attached hydrogens (tertiary/aromatic N) is 2. The topological polar surface area (TPSA) is 95.7 Å². The second-order valence-corrected chi connectivity index (χ2v) is 7.98. The highest BCUT2D eigenvalue weighted by Gasteiger charge is 2.13. The number of phenolic OH excluding ortho intramolecular Hbond substituents is 1. The van der Waals surface area contributed by atoms with Gasteiger partial charge in [0.15, 0.2) is 0 Å². The van der Waals surface area contributed by atoms with Crippen LogP contribution >= 0.6 is 0 Å². The Labute approximate surface area is 191 Å². The minimum absolute atomic E-state index is 0.0227. The Balaban J connectivity index is 1.45. The van der Waals surface area contributed by atoms with Crippen molar-refractivity contribution in [3.8, 4) is 5.75 Å². The molecule has 0 aliphatic carbocycles. The van der Waals surface area contributed by atoms with E-state index in [0.29, 0.717) is 17.0 Å². The summed E-state index contributed by atoms with van der Waals surface area (Å²) in [5.74, 6) is -0.850. The third-order valence-corrected chi connectivity index (χ3v) is 5.62. The van der Waals surface area contributed by atoms with Gasteiger partial charge in [0.1, 0.15) is 5.75 Å². The molecule has 0 aliphatic heterocycles. The van der Waals surface area contributed by atoms with E-state index in [1.165, 1.54) is 6.07 Å². The largest absolute Gasteiger partial charge is 0.507 e. The molecule has 33 heavy (non-hydrogen) atoms. The summed E-state index contributed by atoms with van der Waals surface area (Å²) in [6.45, 7) is 6.34. The summed E-state index contributed by atoms with van der Waals surface area (Å²) in [4.78, 5) is 24.8. The quantitative estimate of drug-likeness (QED) is 0.291. The Bertz CT molecular complexity index is 1400. The van der Waals surface area contributed by atoms with E-state index < -0.39 is 5.91 Å². The van der Waals surface area contributed by atoms with Gasteiger partial charge in [-0.3, -0.25) is 9.59 Å². The second-order valence-electron chi connectivity index (χ2n) is 7.98. The lowest BCUT2D eigenvalue weighted by Crippen LogP contribution is -2.21. The maximum atomic E-state index is 12.5.